The van der Waals surface area contributed by atoms with E-state index in [1.165, 1.54) is 18.2 Å². The van der Waals surface area contributed by atoms with Crippen LogP contribution in [-0.2, 0) is 6.18 Å². The van der Waals surface area contributed by atoms with Crippen LogP contribution in [0.2, 0.25) is 10.0 Å². The predicted molar refractivity (Wildman–Crippen MR) is 72.7 cm³/mol. The molecule has 0 fully saturated rings. The molecule has 0 aliphatic carbocycles. The van der Waals surface area contributed by atoms with Gasteiger partial charge < -0.3 is 4.74 Å². The molecular weight excluding hydrogens is 326 g/mol. The molecule has 0 aliphatic rings. The lowest BCUT2D eigenvalue weighted by molar-refractivity contribution is -0.137. The van der Waals surface area contributed by atoms with E-state index in [-0.39, 0.29) is 22.1 Å². The quantitative estimate of drug-likeness (QED) is 0.709. The van der Waals surface area contributed by atoms with Gasteiger partial charge in [0.15, 0.2) is 0 Å². The first kappa shape index (κ1) is 15.5. The van der Waals surface area contributed by atoms with E-state index in [9.17, 15) is 13.2 Å². The SMILES string of the molecule is N#Cc1ccc(C(F)(F)F)cc1Oc1ccc(Cl)cc1Cl. The number of nitriles is 1. The largest absolute Gasteiger partial charge is 0.454 e. The zero-order valence-electron chi connectivity index (χ0n) is 10.2. The minimum absolute atomic E-state index is 0.0333. The number of rotatable bonds is 2. The van der Waals surface area contributed by atoms with E-state index in [0.717, 1.165) is 18.2 Å². The fourth-order valence-electron chi connectivity index (χ4n) is 1.55. The molecule has 0 saturated carbocycles. The summed E-state index contributed by atoms with van der Waals surface area (Å²) in [5, 5.41) is 9.42. The molecule has 0 aromatic heterocycles. The highest BCUT2D eigenvalue weighted by Crippen LogP contribution is 2.37. The Balaban J connectivity index is 2.45. The van der Waals surface area contributed by atoms with Gasteiger partial charge in [-0.15, -0.1) is 0 Å². The molecular formula is C14H6Cl2F3NO. The number of hydrogen-bond acceptors (Lipinski definition) is 2. The van der Waals surface area contributed by atoms with Crippen molar-refractivity contribution >= 4 is 23.2 Å². The van der Waals surface area contributed by atoms with Crippen molar-refractivity contribution in [2.24, 2.45) is 0 Å². The van der Waals surface area contributed by atoms with Crippen molar-refractivity contribution in [3.05, 3.63) is 57.6 Å². The summed E-state index contributed by atoms with van der Waals surface area (Å²) in [6.07, 6.45) is -4.53. The molecule has 0 unspecified atom stereocenters. The van der Waals surface area contributed by atoms with Crippen molar-refractivity contribution in [2.75, 3.05) is 0 Å². The third kappa shape index (κ3) is 3.60. The Kier molecular flexibility index (Phi) is 4.31. The molecule has 0 N–H and O–H groups in total. The van der Waals surface area contributed by atoms with Crippen molar-refractivity contribution in [3.63, 3.8) is 0 Å². The number of nitrogens with zero attached hydrogens (tertiary/aromatic N) is 1. The second-order valence-electron chi connectivity index (χ2n) is 4.00. The highest BCUT2D eigenvalue weighted by atomic mass is 35.5. The summed E-state index contributed by atoms with van der Waals surface area (Å²) in [5.74, 6) is -0.117. The topological polar surface area (TPSA) is 33.0 Å². The Morgan fingerprint density at radius 1 is 1.00 bits per heavy atom. The first-order valence-electron chi connectivity index (χ1n) is 5.55. The summed E-state index contributed by atoms with van der Waals surface area (Å²) in [5.41, 5.74) is -0.949. The van der Waals surface area contributed by atoms with E-state index in [4.69, 9.17) is 33.2 Å². The van der Waals surface area contributed by atoms with Crippen molar-refractivity contribution in [1.82, 2.24) is 0 Å². The zero-order chi connectivity index (χ0) is 15.6. The van der Waals surface area contributed by atoms with E-state index >= 15 is 0 Å². The normalized spacial score (nSPS) is 11.0. The molecule has 7 heteroatoms. The van der Waals surface area contributed by atoms with Crippen LogP contribution in [0.1, 0.15) is 11.1 Å². The predicted octanol–water partition coefficient (Wildman–Crippen LogP) is 5.68. The summed E-state index contributed by atoms with van der Waals surface area (Å²) in [4.78, 5) is 0. The smallest absolute Gasteiger partial charge is 0.416 e. The highest BCUT2D eigenvalue weighted by Gasteiger charge is 2.31. The molecule has 2 aromatic carbocycles. The van der Waals surface area contributed by atoms with Crippen molar-refractivity contribution in [1.29, 1.82) is 5.26 Å². The number of hydrogen-bond donors (Lipinski definition) is 0. The van der Waals surface area contributed by atoms with Gasteiger partial charge in [0, 0.05) is 5.02 Å². The molecule has 0 heterocycles. The number of halogens is 5. The lowest BCUT2D eigenvalue weighted by Gasteiger charge is -2.12. The third-order valence-corrected chi connectivity index (χ3v) is 3.07. The van der Waals surface area contributed by atoms with Gasteiger partial charge in [-0.05, 0) is 36.4 Å². The summed E-state index contributed by atoms with van der Waals surface area (Å²) in [6, 6.07) is 8.65. The molecule has 0 radical (unpaired) electrons. The molecule has 21 heavy (non-hydrogen) atoms. The van der Waals surface area contributed by atoms with Crippen LogP contribution >= 0.6 is 23.2 Å². The summed E-state index contributed by atoms with van der Waals surface area (Å²) < 4.78 is 43.4. The molecule has 0 bridgehead atoms. The molecule has 2 nitrogen and oxygen atoms in total. The van der Waals surface area contributed by atoms with Crippen LogP contribution in [0.25, 0.3) is 0 Å². The Hall–Kier alpha value is -1.90. The van der Waals surface area contributed by atoms with Gasteiger partial charge in [-0.1, -0.05) is 23.2 Å². The minimum Gasteiger partial charge on any atom is -0.454 e. The lowest BCUT2D eigenvalue weighted by Crippen LogP contribution is -2.05. The summed E-state index contributed by atoms with van der Waals surface area (Å²) >= 11 is 11.6. The maximum Gasteiger partial charge on any atom is 0.416 e. The zero-order valence-corrected chi connectivity index (χ0v) is 11.7. The van der Waals surface area contributed by atoms with E-state index < -0.39 is 11.7 Å². The van der Waals surface area contributed by atoms with E-state index in [2.05, 4.69) is 0 Å². The first-order chi connectivity index (χ1) is 9.81. The molecule has 0 amide bonds. The molecule has 0 aliphatic heterocycles. The maximum atomic E-state index is 12.7. The van der Waals surface area contributed by atoms with Gasteiger partial charge in [-0.25, -0.2) is 0 Å². The summed E-state index contributed by atoms with van der Waals surface area (Å²) in [6.45, 7) is 0. The number of alkyl halides is 3. The Labute approximate surface area is 128 Å². The van der Waals surface area contributed by atoms with Crippen molar-refractivity contribution in [3.8, 4) is 17.6 Å². The Morgan fingerprint density at radius 2 is 1.71 bits per heavy atom. The fourth-order valence-corrected chi connectivity index (χ4v) is 2.00. The van der Waals surface area contributed by atoms with E-state index in [1.54, 1.807) is 6.07 Å². The molecule has 2 aromatic rings. The molecule has 0 saturated heterocycles. The summed E-state index contributed by atoms with van der Waals surface area (Å²) in [7, 11) is 0. The standard InChI is InChI=1S/C14H6Cl2F3NO/c15-10-3-4-12(11(16)6-10)21-13-5-9(14(17,18)19)2-1-8(13)7-20/h1-6H. The average Bonchev–Trinajstić information content (AvgIpc) is 2.41. The number of benzene rings is 2. The van der Waals surface area contributed by atoms with Gasteiger partial charge in [-0.2, -0.15) is 18.4 Å². The molecule has 108 valence electrons. The van der Waals surface area contributed by atoms with Crippen LogP contribution in [0.3, 0.4) is 0 Å². The van der Waals surface area contributed by atoms with Crippen LogP contribution in [-0.4, -0.2) is 0 Å². The van der Waals surface area contributed by atoms with Gasteiger partial charge in [0.25, 0.3) is 0 Å². The second-order valence-corrected chi connectivity index (χ2v) is 4.84. The average molecular weight is 332 g/mol. The number of ether oxygens (including phenoxy) is 1. The molecule has 0 spiro atoms. The monoisotopic (exact) mass is 331 g/mol. The van der Waals surface area contributed by atoms with E-state index in [1.807, 2.05) is 0 Å². The second kappa shape index (κ2) is 5.84. The van der Waals surface area contributed by atoms with Gasteiger partial charge in [0.2, 0.25) is 0 Å². The van der Waals surface area contributed by atoms with E-state index in [0.29, 0.717) is 5.02 Å². The first-order valence-corrected chi connectivity index (χ1v) is 6.31. The fraction of sp³-hybridized carbons (Fsp3) is 0.0714. The van der Waals surface area contributed by atoms with Gasteiger partial charge in [-0.3, -0.25) is 0 Å². The van der Waals surface area contributed by atoms with Crippen molar-refractivity contribution < 1.29 is 17.9 Å². The van der Waals surface area contributed by atoms with Crippen LogP contribution < -0.4 is 4.74 Å². The third-order valence-electron chi connectivity index (χ3n) is 2.54. The highest BCUT2D eigenvalue weighted by molar-refractivity contribution is 6.35. The minimum atomic E-state index is -4.53. The van der Waals surface area contributed by atoms with Gasteiger partial charge in [0.05, 0.1) is 16.1 Å². The molecule has 2 rings (SSSR count). The van der Waals surface area contributed by atoms with Crippen LogP contribution in [0.15, 0.2) is 36.4 Å². The van der Waals surface area contributed by atoms with Crippen LogP contribution in [0.5, 0.6) is 11.5 Å². The van der Waals surface area contributed by atoms with Gasteiger partial charge >= 0.3 is 6.18 Å². The van der Waals surface area contributed by atoms with Gasteiger partial charge in [0.1, 0.15) is 17.6 Å². The molecule has 0 atom stereocenters. The van der Waals surface area contributed by atoms with Crippen LogP contribution in [0, 0.1) is 11.3 Å². The maximum absolute atomic E-state index is 12.7. The Bertz CT molecular complexity index is 723. The van der Waals surface area contributed by atoms with Crippen molar-refractivity contribution in [2.45, 2.75) is 6.18 Å². The lowest BCUT2D eigenvalue weighted by atomic mass is 10.1. The van der Waals surface area contributed by atoms with Crippen LogP contribution in [0.4, 0.5) is 13.2 Å². The Morgan fingerprint density at radius 3 is 2.29 bits per heavy atom.